The molecule has 1 heterocycles. The second kappa shape index (κ2) is 8.55. The van der Waals surface area contributed by atoms with Crippen LogP contribution in [0.5, 0.6) is 0 Å². The highest BCUT2D eigenvalue weighted by atomic mass is 15.0. The van der Waals surface area contributed by atoms with Crippen LogP contribution in [0.1, 0.15) is 0 Å². The molecule has 1 nitrogen and oxygen atoms in total. The molecule has 41 heavy (non-hydrogen) atoms. The normalized spacial score (nSPS) is 11.9. The van der Waals surface area contributed by atoms with Gasteiger partial charge in [0.2, 0.25) is 0 Å². The Morgan fingerprint density at radius 3 is 1.66 bits per heavy atom. The van der Waals surface area contributed by atoms with E-state index in [9.17, 15) is 0 Å². The van der Waals surface area contributed by atoms with E-state index in [-0.39, 0.29) is 0 Å². The van der Waals surface area contributed by atoms with Crippen molar-refractivity contribution >= 4 is 64.9 Å². The van der Waals surface area contributed by atoms with Gasteiger partial charge in [-0.25, -0.2) is 0 Å². The summed E-state index contributed by atoms with van der Waals surface area (Å²) in [6.07, 6.45) is 0. The van der Waals surface area contributed by atoms with Gasteiger partial charge in [-0.05, 0) is 61.6 Å². The Morgan fingerprint density at radius 1 is 0.317 bits per heavy atom. The molecule has 0 radical (unpaired) electrons. The lowest BCUT2D eigenvalue weighted by Crippen LogP contribution is -1.95. The highest BCUT2D eigenvalue weighted by molar-refractivity contribution is 6.34. The first-order chi connectivity index (χ1) is 20.3. The molecule has 0 saturated heterocycles. The predicted molar refractivity (Wildman–Crippen MR) is 176 cm³/mol. The lowest BCUT2D eigenvalue weighted by molar-refractivity contribution is 1.19. The van der Waals surface area contributed by atoms with E-state index < -0.39 is 0 Å². The van der Waals surface area contributed by atoms with Crippen molar-refractivity contribution in [2.45, 2.75) is 0 Å². The van der Waals surface area contributed by atoms with Crippen LogP contribution < -0.4 is 0 Å². The summed E-state index contributed by atoms with van der Waals surface area (Å²) in [5, 5.41) is 12.8. The maximum Gasteiger partial charge on any atom is 0.0626 e. The summed E-state index contributed by atoms with van der Waals surface area (Å²) in [5.74, 6) is 0. The smallest absolute Gasteiger partial charge is 0.0626 e. The number of rotatable bonds is 2. The highest BCUT2D eigenvalue weighted by Gasteiger charge is 2.20. The van der Waals surface area contributed by atoms with Gasteiger partial charge in [0.05, 0.1) is 11.0 Å². The van der Waals surface area contributed by atoms with Crippen molar-refractivity contribution in [3.8, 4) is 16.8 Å². The summed E-state index contributed by atoms with van der Waals surface area (Å²) < 4.78 is 2.51. The van der Waals surface area contributed by atoms with Crippen LogP contribution in [0.25, 0.3) is 81.7 Å². The van der Waals surface area contributed by atoms with Crippen molar-refractivity contribution in [1.82, 2.24) is 4.57 Å². The summed E-state index contributed by atoms with van der Waals surface area (Å²) >= 11 is 0. The van der Waals surface area contributed by atoms with E-state index in [0.29, 0.717) is 0 Å². The Hall–Kier alpha value is -5.40. The topological polar surface area (TPSA) is 4.93 Å². The van der Waals surface area contributed by atoms with Gasteiger partial charge in [-0.1, -0.05) is 133 Å². The minimum atomic E-state index is 1.17. The molecule has 190 valence electrons. The number of hydrogen-bond acceptors (Lipinski definition) is 0. The van der Waals surface area contributed by atoms with Crippen LogP contribution in [0.2, 0.25) is 0 Å². The fraction of sp³-hybridized carbons (Fsp3) is 0. The molecule has 1 heteroatoms. The molecule has 9 aromatic rings. The first-order valence-electron chi connectivity index (χ1n) is 14.2. The Kier molecular flexibility index (Phi) is 4.67. The second-order valence-electron chi connectivity index (χ2n) is 10.9. The van der Waals surface area contributed by atoms with Crippen LogP contribution in [0.3, 0.4) is 0 Å². The van der Waals surface area contributed by atoms with Gasteiger partial charge in [0.25, 0.3) is 0 Å². The largest absolute Gasteiger partial charge is 0.308 e. The third kappa shape index (κ3) is 3.24. The van der Waals surface area contributed by atoms with Crippen molar-refractivity contribution in [2.24, 2.45) is 0 Å². The van der Waals surface area contributed by atoms with E-state index in [4.69, 9.17) is 0 Å². The van der Waals surface area contributed by atoms with E-state index in [1.54, 1.807) is 0 Å². The molecule has 0 saturated carbocycles. The summed E-state index contributed by atoms with van der Waals surface area (Å²) in [4.78, 5) is 0. The third-order valence-corrected chi connectivity index (χ3v) is 8.73. The molecule has 0 aliphatic rings. The molecular formula is C40H25N. The fourth-order valence-corrected chi connectivity index (χ4v) is 6.87. The van der Waals surface area contributed by atoms with Gasteiger partial charge in [0.15, 0.2) is 0 Å². The first-order valence-corrected chi connectivity index (χ1v) is 14.2. The Morgan fingerprint density at radius 2 is 0.878 bits per heavy atom. The van der Waals surface area contributed by atoms with Gasteiger partial charge >= 0.3 is 0 Å². The predicted octanol–water partition coefficient (Wildman–Crippen LogP) is 11.1. The average molecular weight is 520 g/mol. The number of hydrogen-bond donors (Lipinski definition) is 0. The zero-order valence-corrected chi connectivity index (χ0v) is 22.4. The van der Waals surface area contributed by atoms with Crippen molar-refractivity contribution in [3.63, 3.8) is 0 Å². The maximum atomic E-state index is 2.51. The summed E-state index contributed by atoms with van der Waals surface area (Å²) in [5.41, 5.74) is 6.16. The molecule has 9 rings (SSSR count). The van der Waals surface area contributed by atoms with Gasteiger partial charge in [-0.2, -0.15) is 0 Å². The molecule has 0 unspecified atom stereocenters. The molecule has 0 amide bonds. The van der Waals surface area contributed by atoms with Crippen LogP contribution in [-0.2, 0) is 0 Å². The van der Waals surface area contributed by atoms with Crippen LogP contribution >= 0.6 is 0 Å². The van der Waals surface area contributed by atoms with Crippen LogP contribution in [-0.4, -0.2) is 4.57 Å². The van der Waals surface area contributed by atoms with Crippen molar-refractivity contribution in [3.05, 3.63) is 152 Å². The van der Waals surface area contributed by atoms with E-state index in [1.807, 2.05) is 0 Å². The lowest BCUT2D eigenvalue weighted by atomic mass is 9.96. The molecule has 0 bridgehead atoms. The quantitative estimate of drug-likeness (QED) is 0.200. The molecule has 0 N–H and O–H groups in total. The van der Waals surface area contributed by atoms with Crippen LogP contribution in [0.4, 0.5) is 0 Å². The molecule has 0 atom stereocenters. The number of aromatic nitrogens is 1. The molecule has 0 aliphatic carbocycles. The Labute approximate surface area is 237 Å². The summed E-state index contributed by atoms with van der Waals surface area (Å²) in [7, 11) is 0. The van der Waals surface area contributed by atoms with Gasteiger partial charge in [-0.3, -0.25) is 0 Å². The monoisotopic (exact) mass is 519 g/mol. The minimum Gasteiger partial charge on any atom is -0.308 e. The molecule has 1 aromatic heterocycles. The van der Waals surface area contributed by atoms with E-state index in [2.05, 4.69) is 156 Å². The maximum absolute atomic E-state index is 2.51. The van der Waals surface area contributed by atoms with E-state index in [0.717, 1.165) is 0 Å². The number of fused-ring (bicyclic) bond motifs is 11. The lowest BCUT2D eigenvalue weighted by Gasteiger charge is -2.13. The molecule has 0 aliphatic heterocycles. The van der Waals surface area contributed by atoms with E-state index >= 15 is 0 Å². The van der Waals surface area contributed by atoms with Crippen LogP contribution in [0, 0.1) is 0 Å². The second-order valence-corrected chi connectivity index (χ2v) is 10.9. The third-order valence-electron chi connectivity index (χ3n) is 8.73. The van der Waals surface area contributed by atoms with Crippen molar-refractivity contribution in [2.75, 3.05) is 0 Å². The standard InChI is InChI=1S/C40H25N/c1-2-11-29-25-30(18-17-26(29)9-1)27-19-22-31(23-20-27)41-39-32-12-4-3-10-28(32)21-24-37(39)38-35-15-7-5-13-33(35)34-14-6-8-16-36(34)40(38)41/h1-25H. The Balaban J connectivity index is 1.40. The van der Waals surface area contributed by atoms with Gasteiger partial charge in [-0.15, -0.1) is 0 Å². The number of nitrogens with zero attached hydrogens (tertiary/aromatic N) is 1. The van der Waals surface area contributed by atoms with Gasteiger partial charge in [0, 0.05) is 27.2 Å². The SMILES string of the molecule is c1ccc2cc(-c3ccc(-n4c5c6ccccc6ccc5c5c6ccccc6c6ccccc6c54)cc3)ccc2c1. The molecule has 0 spiro atoms. The van der Waals surface area contributed by atoms with Crippen molar-refractivity contribution < 1.29 is 0 Å². The van der Waals surface area contributed by atoms with E-state index in [1.165, 1.54) is 81.7 Å². The first kappa shape index (κ1) is 22.4. The molecular weight excluding hydrogens is 494 g/mol. The zero-order valence-electron chi connectivity index (χ0n) is 22.4. The number of benzene rings is 8. The minimum absolute atomic E-state index is 1.17. The highest BCUT2D eigenvalue weighted by Crippen LogP contribution is 2.44. The zero-order chi connectivity index (χ0) is 26.9. The van der Waals surface area contributed by atoms with Gasteiger partial charge < -0.3 is 4.57 Å². The molecule has 0 fully saturated rings. The summed E-state index contributed by atoms with van der Waals surface area (Å²) in [6.45, 7) is 0. The molecule has 8 aromatic carbocycles. The van der Waals surface area contributed by atoms with Crippen LogP contribution in [0.15, 0.2) is 152 Å². The van der Waals surface area contributed by atoms with Gasteiger partial charge in [0.1, 0.15) is 0 Å². The fourth-order valence-electron chi connectivity index (χ4n) is 6.87. The average Bonchev–Trinajstić information content (AvgIpc) is 3.41. The Bertz CT molecular complexity index is 2460. The van der Waals surface area contributed by atoms with Crippen molar-refractivity contribution in [1.29, 1.82) is 0 Å². The summed E-state index contributed by atoms with van der Waals surface area (Å²) in [6, 6.07) is 55.5.